The molecule has 0 spiro atoms. The Morgan fingerprint density at radius 2 is 2.12 bits per heavy atom. The molecule has 7 heteroatoms. The highest BCUT2D eigenvalue weighted by Gasteiger charge is 2.16. The molecule has 7 nitrogen and oxygen atoms in total. The number of aromatic nitrogens is 3. The van der Waals surface area contributed by atoms with E-state index >= 15 is 0 Å². The van der Waals surface area contributed by atoms with Gasteiger partial charge >= 0.3 is 0 Å². The summed E-state index contributed by atoms with van der Waals surface area (Å²) in [6.07, 6.45) is 2.29. The minimum absolute atomic E-state index is 0.476. The zero-order valence-electron chi connectivity index (χ0n) is 14.6. The Morgan fingerprint density at radius 1 is 1.28 bits per heavy atom. The van der Waals surface area contributed by atoms with Gasteiger partial charge in [0.05, 0.1) is 6.10 Å². The monoisotopic (exact) mass is 342 g/mol. The molecule has 0 saturated heterocycles. The standard InChI is InChI=1S/C18H26N6O/c1-2-19-18(20-11-10-15(25)14-7-4-3-5-8-14)21-13-17-23-22-16-9-6-12-24(16)17/h3-5,7-8,15,25H,2,6,9-13H2,1H3,(H2,19,20,21). The number of fused-ring (bicyclic) bond motifs is 1. The number of rotatable bonds is 7. The van der Waals surface area contributed by atoms with E-state index in [4.69, 9.17) is 0 Å². The summed E-state index contributed by atoms with van der Waals surface area (Å²) in [7, 11) is 0. The van der Waals surface area contributed by atoms with Crippen molar-refractivity contribution in [3.8, 4) is 0 Å². The summed E-state index contributed by atoms with van der Waals surface area (Å²) < 4.78 is 2.16. The number of guanidine groups is 1. The van der Waals surface area contributed by atoms with Crippen LogP contribution in [0.5, 0.6) is 0 Å². The average Bonchev–Trinajstić information content (AvgIpc) is 3.24. The summed E-state index contributed by atoms with van der Waals surface area (Å²) >= 11 is 0. The molecule has 0 amide bonds. The van der Waals surface area contributed by atoms with Crippen LogP contribution in [-0.4, -0.2) is 38.9 Å². The van der Waals surface area contributed by atoms with E-state index in [9.17, 15) is 5.11 Å². The number of aliphatic hydroxyl groups is 1. The van der Waals surface area contributed by atoms with Crippen molar-refractivity contribution in [2.75, 3.05) is 13.1 Å². The van der Waals surface area contributed by atoms with Crippen molar-refractivity contribution in [1.29, 1.82) is 0 Å². The molecular formula is C18H26N6O. The summed E-state index contributed by atoms with van der Waals surface area (Å²) in [5.74, 6) is 2.71. The normalized spacial score (nSPS) is 15.0. The van der Waals surface area contributed by atoms with Gasteiger partial charge in [-0.3, -0.25) is 0 Å². The molecule has 0 radical (unpaired) electrons. The van der Waals surface area contributed by atoms with Crippen molar-refractivity contribution in [3.63, 3.8) is 0 Å². The highest BCUT2D eigenvalue weighted by atomic mass is 16.3. The number of benzene rings is 1. The predicted octanol–water partition coefficient (Wildman–Crippen LogP) is 1.40. The lowest BCUT2D eigenvalue weighted by atomic mass is 10.1. The molecule has 25 heavy (non-hydrogen) atoms. The van der Waals surface area contributed by atoms with E-state index in [0.29, 0.717) is 19.5 Å². The van der Waals surface area contributed by atoms with Crippen LogP contribution in [0.2, 0.25) is 0 Å². The number of hydrogen-bond acceptors (Lipinski definition) is 4. The molecule has 3 N–H and O–H groups in total. The Bertz CT molecular complexity index is 697. The topological polar surface area (TPSA) is 87.4 Å². The lowest BCUT2D eigenvalue weighted by Crippen LogP contribution is -2.38. The summed E-state index contributed by atoms with van der Waals surface area (Å²) in [4.78, 5) is 4.59. The van der Waals surface area contributed by atoms with Crippen LogP contribution in [0, 0.1) is 0 Å². The third-order valence-corrected chi connectivity index (χ3v) is 4.30. The molecule has 2 aromatic rings. The first-order valence-corrected chi connectivity index (χ1v) is 8.94. The lowest BCUT2D eigenvalue weighted by Gasteiger charge is -2.14. The minimum atomic E-state index is -0.476. The van der Waals surface area contributed by atoms with E-state index in [-0.39, 0.29) is 0 Å². The molecule has 1 aromatic carbocycles. The summed E-state index contributed by atoms with van der Waals surface area (Å²) in [6, 6.07) is 9.71. The third-order valence-electron chi connectivity index (χ3n) is 4.30. The van der Waals surface area contributed by atoms with Crippen molar-refractivity contribution in [1.82, 2.24) is 25.4 Å². The van der Waals surface area contributed by atoms with Gasteiger partial charge in [0.15, 0.2) is 11.8 Å². The van der Waals surface area contributed by atoms with Crippen LogP contribution in [0.25, 0.3) is 0 Å². The molecule has 2 heterocycles. The Hall–Kier alpha value is -2.41. The first kappa shape index (κ1) is 17.4. The molecule has 0 aliphatic carbocycles. The zero-order chi connectivity index (χ0) is 17.5. The van der Waals surface area contributed by atoms with Crippen LogP contribution in [0.1, 0.15) is 43.1 Å². The van der Waals surface area contributed by atoms with E-state index in [1.807, 2.05) is 37.3 Å². The Morgan fingerprint density at radius 3 is 2.92 bits per heavy atom. The Labute approximate surface area is 148 Å². The second-order valence-electron chi connectivity index (χ2n) is 6.12. The van der Waals surface area contributed by atoms with Gasteiger partial charge in [0.2, 0.25) is 0 Å². The van der Waals surface area contributed by atoms with Crippen molar-refractivity contribution in [3.05, 3.63) is 47.5 Å². The van der Waals surface area contributed by atoms with E-state index < -0.39 is 6.10 Å². The predicted molar refractivity (Wildman–Crippen MR) is 97.2 cm³/mol. The first-order valence-electron chi connectivity index (χ1n) is 8.94. The molecule has 0 fully saturated rings. The molecule has 0 saturated carbocycles. The van der Waals surface area contributed by atoms with Gasteiger partial charge in [-0.1, -0.05) is 30.3 Å². The van der Waals surface area contributed by atoms with Gasteiger partial charge in [-0.05, 0) is 25.3 Å². The zero-order valence-corrected chi connectivity index (χ0v) is 14.6. The summed E-state index contributed by atoms with van der Waals surface area (Å²) in [5, 5.41) is 25.2. The Balaban J connectivity index is 1.52. The maximum atomic E-state index is 10.2. The molecule has 0 bridgehead atoms. The van der Waals surface area contributed by atoms with Crippen molar-refractivity contribution >= 4 is 5.96 Å². The number of hydrogen-bond donors (Lipinski definition) is 3. The van der Waals surface area contributed by atoms with E-state index in [2.05, 4.69) is 30.4 Å². The quantitative estimate of drug-likeness (QED) is 0.523. The third kappa shape index (κ3) is 4.57. The molecule has 3 rings (SSSR count). The van der Waals surface area contributed by atoms with E-state index in [1.54, 1.807) is 0 Å². The number of aryl methyl sites for hydroxylation is 1. The van der Waals surface area contributed by atoms with E-state index in [0.717, 1.165) is 49.1 Å². The molecule has 1 aliphatic rings. The van der Waals surface area contributed by atoms with E-state index in [1.165, 1.54) is 0 Å². The van der Waals surface area contributed by atoms with Gasteiger partial charge in [0, 0.05) is 26.1 Å². The largest absolute Gasteiger partial charge is 0.388 e. The maximum absolute atomic E-state index is 10.2. The van der Waals surface area contributed by atoms with Gasteiger partial charge < -0.3 is 20.3 Å². The van der Waals surface area contributed by atoms with Crippen LogP contribution in [-0.2, 0) is 19.5 Å². The number of nitrogens with one attached hydrogen (secondary N) is 2. The highest BCUT2D eigenvalue weighted by Crippen LogP contribution is 2.15. The average molecular weight is 342 g/mol. The fourth-order valence-corrected chi connectivity index (χ4v) is 2.99. The maximum Gasteiger partial charge on any atom is 0.191 e. The fourth-order valence-electron chi connectivity index (χ4n) is 2.99. The SMILES string of the molecule is CCNC(=NCc1nnc2n1CCC2)NCCC(O)c1ccccc1. The van der Waals surface area contributed by atoms with Crippen LogP contribution in [0.4, 0.5) is 0 Å². The summed E-state index contributed by atoms with van der Waals surface area (Å²) in [6.45, 7) is 4.94. The van der Waals surface area contributed by atoms with Crippen LogP contribution in [0.3, 0.4) is 0 Å². The second kappa shape index (κ2) is 8.62. The molecular weight excluding hydrogens is 316 g/mol. The van der Waals surface area contributed by atoms with Crippen LogP contribution < -0.4 is 10.6 Å². The number of aliphatic imine (C=N–C) groups is 1. The van der Waals surface area contributed by atoms with Gasteiger partial charge in [-0.2, -0.15) is 0 Å². The second-order valence-corrected chi connectivity index (χ2v) is 6.12. The van der Waals surface area contributed by atoms with Gasteiger partial charge in [0.1, 0.15) is 12.4 Å². The van der Waals surface area contributed by atoms with Gasteiger partial charge in [0.25, 0.3) is 0 Å². The smallest absolute Gasteiger partial charge is 0.191 e. The highest BCUT2D eigenvalue weighted by molar-refractivity contribution is 5.79. The van der Waals surface area contributed by atoms with Crippen LogP contribution in [0.15, 0.2) is 35.3 Å². The molecule has 1 aromatic heterocycles. The van der Waals surface area contributed by atoms with Gasteiger partial charge in [-0.25, -0.2) is 4.99 Å². The fraction of sp³-hybridized carbons (Fsp3) is 0.500. The van der Waals surface area contributed by atoms with Crippen molar-refractivity contribution in [2.24, 2.45) is 4.99 Å². The van der Waals surface area contributed by atoms with Gasteiger partial charge in [-0.15, -0.1) is 10.2 Å². The van der Waals surface area contributed by atoms with Crippen molar-refractivity contribution < 1.29 is 5.11 Å². The molecule has 1 aliphatic heterocycles. The number of aliphatic hydroxyl groups excluding tert-OH is 1. The van der Waals surface area contributed by atoms with Crippen molar-refractivity contribution in [2.45, 2.75) is 45.4 Å². The number of nitrogens with zero attached hydrogens (tertiary/aromatic N) is 4. The summed E-state index contributed by atoms with van der Waals surface area (Å²) in [5.41, 5.74) is 0.935. The van der Waals surface area contributed by atoms with Crippen LogP contribution >= 0.6 is 0 Å². The molecule has 134 valence electrons. The lowest BCUT2D eigenvalue weighted by molar-refractivity contribution is 0.168. The minimum Gasteiger partial charge on any atom is -0.388 e. The molecule has 1 unspecified atom stereocenters. The Kier molecular flexibility index (Phi) is 6.00. The first-order chi connectivity index (χ1) is 12.3. The molecule has 1 atom stereocenters.